The number of hydrogen-bond acceptors (Lipinski definition) is 1. The van der Waals surface area contributed by atoms with Gasteiger partial charge in [-0.05, 0) is 30.7 Å². The number of halogens is 2. The number of carbonyl (C=O) groups is 1. The van der Waals surface area contributed by atoms with Gasteiger partial charge in [-0.15, -0.1) is 0 Å². The summed E-state index contributed by atoms with van der Waals surface area (Å²) >= 11 is 0. The van der Waals surface area contributed by atoms with Crippen LogP contribution in [0.5, 0.6) is 0 Å². The van der Waals surface area contributed by atoms with Crippen molar-refractivity contribution in [2.75, 3.05) is 5.32 Å². The van der Waals surface area contributed by atoms with Crippen LogP contribution in [0.25, 0.3) is 0 Å². The third-order valence-corrected chi connectivity index (χ3v) is 2.51. The molecule has 1 N–H and O–H groups in total. The summed E-state index contributed by atoms with van der Waals surface area (Å²) in [5.41, 5.74) is 1.37. The molecule has 0 heterocycles. The van der Waals surface area contributed by atoms with Crippen LogP contribution in [0.3, 0.4) is 0 Å². The minimum atomic E-state index is -0.727. The van der Waals surface area contributed by atoms with Gasteiger partial charge in [0.05, 0.1) is 0 Å². The maximum Gasteiger partial charge on any atom is 0.255 e. The lowest BCUT2D eigenvalue weighted by Crippen LogP contribution is -2.13. The molecule has 0 aliphatic heterocycles. The van der Waals surface area contributed by atoms with E-state index in [1.807, 2.05) is 6.07 Å². The topological polar surface area (TPSA) is 29.1 Å². The molecule has 0 saturated heterocycles. The lowest BCUT2D eigenvalue weighted by atomic mass is 10.1. The fourth-order valence-electron chi connectivity index (χ4n) is 1.65. The highest BCUT2D eigenvalue weighted by molar-refractivity contribution is 6.05. The second kappa shape index (κ2) is 4.96. The Bertz CT molecular complexity index is 576. The number of aryl methyl sites for hydroxylation is 1. The van der Waals surface area contributed by atoms with Crippen molar-refractivity contribution in [2.24, 2.45) is 0 Å². The Morgan fingerprint density at radius 2 is 1.67 bits per heavy atom. The Balaban J connectivity index is 2.24. The molecule has 0 bridgehead atoms. The molecule has 0 atom stereocenters. The summed E-state index contributed by atoms with van der Waals surface area (Å²) in [7, 11) is 0. The first kappa shape index (κ1) is 12.2. The van der Waals surface area contributed by atoms with Gasteiger partial charge in [0.2, 0.25) is 0 Å². The number of anilines is 1. The number of carbonyl (C=O) groups excluding carboxylic acids is 1. The second-order valence-electron chi connectivity index (χ2n) is 3.93. The summed E-state index contributed by atoms with van der Waals surface area (Å²) in [4.78, 5) is 11.9. The fourth-order valence-corrected chi connectivity index (χ4v) is 1.65. The first-order valence-electron chi connectivity index (χ1n) is 5.39. The normalized spacial score (nSPS) is 10.2. The van der Waals surface area contributed by atoms with E-state index in [1.54, 1.807) is 25.1 Å². The number of amides is 1. The third-order valence-electron chi connectivity index (χ3n) is 2.51. The van der Waals surface area contributed by atoms with E-state index in [4.69, 9.17) is 0 Å². The summed E-state index contributed by atoms with van der Waals surface area (Å²) in [6, 6.07) is 9.88. The number of nitrogens with one attached hydrogen (secondary N) is 1. The van der Waals surface area contributed by atoms with E-state index >= 15 is 0 Å². The maximum atomic E-state index is 13.0. The molecular formula is C14H11F2NO. The van der Waals surface area contributed by atoms with Gasteiger partial charge in [0.15, 0.2) is 0 Å². The average Bonchev–Trinajstić information content (AvgIpc) is 2.27. The predicted molar refractivity (Wildman–Crippen MR) is 65.5 cm³/mol. The van der Waals surface area contributed by atoms with E-state index in [1.165, 1.54) is 0 Å². The van der Waals surface area contributed by atoms with Gasteiger partial charge >= 0.3 is 0 Å². The molecular weight excluding hydrogens is 236 g/mol. The molecule has 0 aliphatic rings. The van der Waals surface area contributed by atoms with E-state index in [0.717, 1.165) is 23.8 Å². The van der Waals surface area contributed by atoms with Crippen molar-refractivity contribution in [3.8, 4) is 0 Å². The highest BCUT2D eigenvalue weighted by Gasteiger charge is 2.09. The largest absolute Gasteiger partial charge is 0.322 e. The van der Waals surface area contributed by atoms with Crippen LogP contribution in [-0.2, 0) is 0 Å². The monoisotopic (exact) mass is 247 g/mol. The first-order chi connectivity index (χ1) is 8.56. The smallest absolute Gasteiger partial charge is 0.255 e. The molecule has 2 aromatic carbocycles. The molecule has 92 valence electrons. The molecule has 4 heteroatoms. The quantitative estimate of drug-likeness (QED) is 0.864. The molecule has 2 aromatic rings. The van der Waals surface area contributed by atoms with Crippen molar-refractivity contribution in [3.63, 3.8) is 0 Å². The number of benzene rings is 2. The summed E-state index contributed by atoms with van der Waals surface area (Å²) in [5, 5.41) is 2.46. The van der Waals surface area contributed by atoms with Crippen molar-refractivity contribution < 1.29 is 13.6 Å². The predicted octanol–water partition coefficient (Wildman–Crippen LogP) is 3.53. The molecule has 0 radical (unpaired) electrons. The molecule has 0 fully saturated rings. The third kappa shape index (κ3) is 2.71. The van der Waals surface area contributed by atoms with Crippen LogP contribution < -0.4 is 5.32 Å². The van der Waals surface area contributed by atoms with Gasteiger partial charge in [-0.1, -0.05) is 18.2 Å². The van der Waals surface area contributed by atoms with E-state index in [2.05, 4.69) is 5.32 Å². The van der Waals surface area contributed by atoms with E-state index in [-0.39, 0.29) is 5.69 Å². The van der Waals surface area contributed by atoms with Crippen LogP contribution in [-0.4, -0.2) is 5.91 Å². The Hall–Kier alpha value is -2.23. The number of rotatable bonds is 2. The van der Waals surface area contributed by atoms with Crippen molar-refractivity contribution in [3.05, 3.63) is 65.2 Å². The molecule has 2 nitrogen and oxygen atoms in total. The van der Waals surface area contributed by atoms with E-state index in [9.17, 15) is 13.6 Å². The lowest BCUT2D eigenvalue weighted by molar-refractivity contribution is 0.102. The molecule has 0 spiro atoms. The van der Waals surface area contributed by atoms with Crippen molar-refractivity contribution in [2.45, 2.75) is 6.92 Å². The van der Waals surface area contributed by atoms with Crippen LogP contribution in [0.2, 0.25) is 0 Å². The zero-order valence-electron chi connectivity index (χ0n) is 9.71. The Labute approximate surface area is 103 Å². The van der Waals surface area contributed by atoms with Crippen LogP contribution in [0.4, 0.5) is 14.5 Å². The molecule has 18 heavy (non-hydrogen) atoms. The Kier molecular flexibility index (Phi) is 3.37. The number of hydrogen-bond donors (Lipinski definition) is 1. The summed E-state index contributed by atoms with van der Waals surface area (Å²) in [6.07, 6.45) is 0. The average molecular weight is 247 g/mol. The summed E-state index contributed by atoms with van der Waals surface area (Å²) in [6.45, 7) is 1.79. The van der Waals surface area contributed by atoms with Gasteiger partial charge in [0.1, 0.15) is 11.6 Å². The molecule has 1 amide bonds. The highest BCUT2D eigenvalue weighted by Crippen LogP contribution is 2.15. The Morgan fingerprint density at radius 1 is 1.06 bits per heavy atom. The van der Waals surface area contributed by atoms with Crippen LogP contribution in [0, 0.1) is 18.6 Å². The van der Waals surface area contributed by atoms with Gasteiger partial charge in [-0.2, -0.15) is 0 Å². The molecule has 2 rings (SSSR count). The molecule has 0 aromatic heterocycles. The summed E-state index contributed by atoms with van der Waals surface area (Å²) in [5.74, 6) is -1.84. The minimum absolute atomic E-state index is 0.0979. The molecule has 0 unspecified atom stereocenters. The minimum Gasteiger partial charge on any atom is -0.322 e. The summed E-state index contributed by atoms with van der Waals surface area (Å²) < 4.78 is 25.9. The highest BCUT2D eigenvalue weighted by atomic mass is 19.1. The van der Waals surface area contributed by atoms with Crippen molar-refractivity contribution >= 4 is 11.6 Å². The SMILES string of the molecule is Cc1ccccc1C(=O)Nc1cc(F)cc(F)c1. The fraction of sp³-hybridized carbons (Fsp3) is 0.0714. The Morgan fingerprint density at radius 3 is 2.28 bits per heavy atom. The van der Waals surface area contributed by atoms with Gasteiger partial charge in [-0.25, -0.2) is 8.78 Å². The van der Waals surface area contributed by atoms with Crippen LogP contribution >= 0.6 is 0 Å². The van der Waals surface area contributed by atoms with Crippen molar-refractivity contribution in [1.82, 2.24) is 0 Å². The van der Waals surface area contributed by atoms with E-state index in [0.29, 0.717) is 5.56 Å². The second-order valence-corrected chi connectivity index (χ2v) is 3.93. The van der Waals surface area contributed by atoms with E-state index < -0.39 is 17.5 Å². The van der Waals surface area contributed by atoms with Gasteiger partial charge < -0.3 is 5.32 Å². The zero-order valence-corrected chi connectivity index (χ0v) is 9.71. The van der Waals surface area contributed by atoms with Gasteiger partial charge in [0, 0.05) is 17.3 Å². The first-order valence-corrected chi connectivity index (χ1v) is 5.39. The molecule has 0 aliphatic carbocycles. The van der Waals surface area contributed by atoms with Crippen LogP contribution in [0.15, 0.2) is 42.5 Å². The maximum absolute atomic E-state index is 13.0. The van der Waals surface area contributed by atoms with Gasteiger partial charge in [0.25, 0.3) is 5.91 Å². The van der Waals surface area contributed by atoms with Gasteiger partial charge in [-0.3, -0.25) is 4.79 Å². The van der Waals surface area contributed by atoms with Crippen molar-refractivity contribution in [1.29, 1.82) is 0 Å². The standard InChI is InChI=1S/C14H11F2NO/c1-9-4-2-3-5-13(9)14(18)17-12-7-10(15)6-11(16)8-12/h2-8H,1H3,(H,17,18). The zero-order chi connectivity index (χ0) is 13.1. The lowest BCUT2D eigenvalue weighted by Gasteiger charge is -2.07. The van der Waals surface area contributed by atoms with Crippen LogP contribution in [0.1, 0.15) is 15.9 Å². The molecule has 0 saturated carbocycles.